The van der Waals surface area contributed by atoms with Crippen LogP contribution >= 0.6 is 0 Å². The lowest BCUT2D eigenvalue weighted by atomic mass is 9.91. The first-order valence-corrected chi connectivity index (χ1v) is 8.34. The molecule has 1 heteroatoms. The minimum Gasteiger partial charge on any atom is -0.294 e. The quantitative estimate of drug-likeness (QED) is 0.324. The van der Waals surface area contributed by atoms with E-state index in [1.54, 1.807) is 0 Å². The third kappa shape index (κ3) is 2.37. The molecule has 0 saturated heterocycles. The Balaban J connectivity index is 1.91. The van der Waals surface area contributed by atoms with Gasteiger partial charge in [0.25, 0.3) is 0 Å². The Hall–Kier alpha value is -2.41. The molecule has 0 heterocycles. The smallest absolute Gasteiger partial charge is 0.162 e. The van der Waals surface area contributed by atoms with Crippen molar-refractivity contribution in [1.29, 1.82) is 0 Å². The third-order valence-corrected chi connectivity index (χ3v) is 4.73. The number of hydrogen-bond donors (Lipinski definition) is 0. The highest BCUT2D eigenvalue weighted by Gasteiger charge is 2.12. The molecule has 4 aromatic rings. The fraction of sp³-hybridized carbons (Fsp3) is 0.227. The van der Waals surface area contributed by atoms with Crippen LogP contribution in [0.2, 0.25) is 0 Å². The topological polar surface area (TPSA) is 17.1 Å². The molecule has 0 aliphatic carbocycles. The molecule has 0 radical (unpaired) electrons. The number of ketones is 1. The van der Waals surface area contributed by atoms with Crippen LogP contribution in [0.25, 0.3) is 32.3 Å². The summed E-state index contributed by atoms with van der Waals surface area (Å²) in [5.74, 6) is 0.813. The average Bonchev–Trinajstić information content (AvgIpc) is 2.57. The van der Waals surface area contributed by atoms with Crippen LogP contribution in [-0.4, -0.2) is 5.78 Å². The Bertz CT molecular complexity index is 947. The number of carbonyl (C=O) groups is 1. The van der Waals surface area contributed by atoms with Crippen LogP contribution in [0.5, 0.6) is 0 Å². The SMILES string of the molecule is CC(C)CCC(=O)c1cc2ccc3cccc4ccc(c1)c2c34. The van der Waals surface area contributed by atoms with Crippen LogP contribution < -0.4 is 0 Å². The minimum atomic E-state index is 0.254. The highest BCUT2D eigenvalue weighted by molar-refractivity contribution is 6.24. The van der Waals surface area contributed by atoms with E-state index in [0.29, 0.717) is 12.3 Å². The van der Waals surface area contributed by atoms with Crippen molar-refractivity contribution in [3.63, 3.8) is 0 Å². The van der Waals surface area contributed by atoms with E-state index in [1.165, 1.54) is 32.3 Å². The molecule has 0 aliphatic rings. The molecular weight excluding hydrogens is 280 g/mol. The monoisotopic (exact) mass is 300 g/mol. The van der Waals surface area contributed by atoms with E-state index in [0.717, 1.165) is 12.0 Å². The number of Topliss-reactive ketones (excluding diaryl/α,β-unsaturated/α-hetero) is 1. The summed E-state index contributed by atoms with van der Waals surface area (Å²) in [7, 11) is 0. The largest absolute Gasteiger partial charge is 0.294 e. The van der Waals surface area contributed by atoms with Gasteiger partial charge in [-0.2, -0.15) is 0 Å². The predicted molar refractivity (Wildman–Crippen MR) is 98.5 cm³/mol. The zero-order chi connectivity index (χ0) is 16.0. The lowest BCUT2D eigenvalue weighted by Crippen LogP contribution is -2.01. The van der Waals surface area contributed by atoms with Gasteiger partial charge in [0.2, 0.25) is 0 Å². The van der Waals surface area contributed by atoms with Crippen molar-refractivity contribution >= 4 is 38.1 Å². The molecule has 23 heavy (non-hydrogen) atoms. The summed E-state index contributed by atoms with van der Waals surface area (Å²) < 4.78 is 0. The van der Waals surface area contributed by atoms with Crippen molar-refractivity contribution in [1.82, 2.24) is 0 Å². The van der Waals surface area contributed by atoms with Crippen LogP contribution in [0.15, 0.2) is 54.6 Å². The second-order valence-corrected chi connectivity index (χ2v) is 6.86. The van der Waals surface area contributed by atoms with Crippen molar-refractivity contribution in [3.05, 3.63) is 60.2 Å². The van der Waals surface area contributed by atoms with E-state index in [-0.39, 0.29) is 5.78 Å². The molecule has 0 bridgehead atoms. The van der Waals surface area contributed by atoms with Gasteiger partial charge in [0.15, 0.2) is 5.78 Å². The maximum atomic E-state index is 12.5. The fourth-order valence-electron chi connectivity index (χ4n) is 3.48. The Labute approximate surface area is 136 Å². The zero-order valence-electron chi connectivity index (χ0n) is 13.6. The molecule has 0 atom stereocenters. The Kier molecular flexibility index (Phi) is 3.30. The van der Waals surface area contributed by atoms with Gasteiger partial charge in [0.05, 0.1) is 0 Å². The van der Waals surface area contributed by atoms with Crippen LogP contribution in [0.1, 0.15) is 37.0 Å². The molecule has 4 aromatic carbocycles. The summed E-state index contributed by atoms with van der Waals surface area (Å²) in [6, 6.07) is 19.1. The molecule has 0 fully saturated rings. The summed E-state index contributed by atoms with van der Waals surface area (Å²) in [5, 5.41) is 7.45. The summed E-state index contributed by atoms with van der Waals surface area (Å²) in [4.78, 5) is 12.5. The van der Waals surface area contributed by atoms with Gasteiger partial charge in [-0.1, -0.05) is 56.3 Å². The molecule has 0 amide bonds. The van der Waals surface area contributed by atoms with E-state index in [4.69, 9.17) is 0 Å². The van der Waals surface area contributed by atoms with E-state index in [9.17, 15) is 4.79 Å². The lowest BCUT2D eigenvalue weighted by molar-refractivity contribution is 0.0975. The van der Waals surface area contributed by atoms with Gasteiger partial charge in [-0.05, 0) is 56.8 Å². The van der Waals surface area contributed by atoms with Crippen LogP contribution in [0.4, 0.5) is 0 Å². The van der Waals surface area contributed by atoms with Gasteiger partial charge in [-0.3, -0.25) is 4.79 Å². The molecule has 0 unspecified atom stereocenters. The molecule has 0 N–H and O–H groups in total. The normalized spacial score (nSPS) is 12.0. The highest BCUT2D eigenvalue weighted by Crippen LogP contribution is 2.35. The van der Waals surface area contributed by atoms with Crippen molar-refractivity contribution in [3.8, 4) is 0 Å². The molecule has 4 rings (SSSR count). The molecule has 1 nitrogen and oxygen atoms in total. The number of carbonyl (C=O) groups excluding carboxylic acids is 1. The summed E-state index contributed by atoms with van der Waals surface area (Å²) >= 11 is 0. The summed E-state index contributed by atoms with van der Waals surface area (Å²) in [5.41, 5.74) is 0.844. The second-order valence-electron chi connectivity index (χ2n) is 6.86. The van der Waals surface area contributed by atoms with Crippen molar-refractivity contribution < 1.29 is 4.79 Å². The van der Waals surface area contributed by atoms with Crippen molar-refractivity contribution in [2.75, 3.05) is 0 Å². The first-order valence-electron chi connectivity index (χ1n) is 8.34. The second kappa shape index (κ2) is 5.34. The predicted octanol–water partition coefficient (Wildman–Crippen LogP) is 6.20. The van der Waals surface area contributed by atoms with Gasteiger partial charge in [0.1, 0.15) is 0 Å². The first-order chi connectivity index (χ1) is 11.1. The minimum absolute atomic E-state index is 0.254. The molecule has 0 aliphatic heterocycles. The lowest BCUT2D eigenvalue weighted by Gasteiger charge is -2.12. The molecule has 114 valence electrons. The van der Waals surface area contributed by atoms with E-state index < -0.39 is 0 Å². The standard InChI is InChI=1S/C22H20O/c1-14(2)6-11-20(23)19-12-17-9-7-15-4-3-5-16-8-10-18(13-19)22(17)21(15)16/h3-5,7-10,12-14H,6,11H2,1-2H3. The zero-order valence-corrected chi connectivity index (χ0v) is 13.6. The van der Waals surface area contributed by atoms with Crippen molar-refractivity contribution in [2.24, 2.45) is 5.92 Å². The summed E-state index contributed by atoms with van der Waals surface area (Å²) in [6.07, 6.45) is 1.58. The van der Waals surface area contributed by atoms with Crippen LogP contribution in [0, 0.1) is 5.92 Å². The molecule has 0 spiro atoms. The number of rotatable bonds is 4. The van der Waals surface area contributed by atoms with Crippen LogP contribution in [-0.2, 0) is 0 Å². The van der Waals surface area contributed by atoms with E-state index in [2.05, 4.69) is 68.4 Å². The highest BCUT2D eigenvalue weighted by atomic mass is 16.1. The first kappa shape index (κ1) is 14.2. The van der Waals surface area contributed by atoms with Crippen LogP contribution in [0.3, 0.4) is 0 Å². The Morgan fingerprint density at radius 2 is 1.35 bits per heavy atom. The van der Waals surface area contributed by atoms with Gasteiger partial charge in [0, 0.05) is 12.0 Å². The Morgan fingerprint density at radius 1 is 0.826 bits per heavy atom. The summed E-state index contributed by atoms with van der Waals surface area (Å²) in [6.45, 7) is 4.32. The van der Waals surface area contributed by atoms with E-state index in [1.807, 2.05) is 0 Å². The number of benzene rings is 4. The van der Waals surface area contributed by atoms with Gasteiger partial charge in [-0.15, -0.1) is 0 Å². The Morgan fingerprint density at radius 3 is 1.91 bits per heavy atom. The van der Waals surface area contributed by atoms with Gasteiger partial charge in [-0.25, -0.2) is 0 Å². The molecule has 0 saturated carbocycles. The van der Waals surface area contributed by atoms with Gasteiger partial charge < -0.3 is 0 Å². The molecule has 0 aromatic heterocycles. The maximum absolute atomic E-state index is 12.5. The fourth-order valence-corrected chi connectivity index (χ4v) is 3.48. The van der Waals surface area contributed by atoms with Gasteiger partial charge >= 0.3 is 0 Å². The number of hydrogen-bond acceptors (Lipinski definition) is 1. The van der Waals surface area contributed by atoms with E-state index >= 15 is 0 Å². The average molecular weight is 300 g/mol. The third-order valence-electron chi connectivity index (χ3n) is 4.73. The van der Waals surface area contributed by atoms with Crippen molar-refractivity contribution in [2.45, 2.75) is 26.7 Å². The maximum Gasteiger partial charge on any atom is 0.162 e. The molecular formula is C22H20O.